The summed E-state index contributed by atoms with van der Waals surface area (Å²) in [7, 11) is 0. The molecule has 7 heteroatoms. The molecule has 1 heterocycles. The molecule has 34 heavy (non-hydrogen) atoms. The fourth-order valence-electron chi connectivity index (χ4n) is 3.87. The number of unbranched alkanes of at least 4 members (excludes halogenated alkanes) is 8. The molecular formula is C27H38N4O2S. The largest absolute Gasteiger partial charge is 0.506 e. The molecule has 0 saturated heterocycles. The van der Waals surface area contributed by atoms with Crippen LogP contribution in [0, 0.1) is 0 Å². The maximum absolute atomic E-state index is 12.1. The molecule has 2 aromatic carbocycles. The Kier molecular flexibility index (Phi) is 10.7. The van der Waals surface area contributed by atoms with Crippen molar-refractivity contribution in [1.82, 2.24) is 15.0 Å². The minimum atomic E-state index is -0.0304. The summed E-state index contributed by atoms with van der Waals surface area (Å²) in [5.41, 5.74) is 2.65. The van der Waals surface area contributed by atoms with Crippen molar-refractivity contribution in [1.29, 1.82) is 0 Å². The van der Waals surface area contributed by atoms with Gasteiger partial charge in [-0.15, -0.1) is 26.8 Å². The number of phenolic OH excluding ortho intramolecular Hbond substituents is 1. The average molecular weight is 483 g/mol. The van der Waals surface area contributed by atoms with Crippen LogP contribution >= 0.6 is 11.8 Å². The molecule has 6 nitrogen and oxygen atoms in total. The molecule has 0 aliphatic rings. The van der Waals surface area contributed by atoms with E-state index in [1.807, 2.05) is 17.8 Å². The van der Waals surface area contributed by atoms with E-state index >= 15 is 0 Å². The lowest BCUT2D eigenvalue weighted by Crippen LogP contribution is -2.11. The van der Waals surface area contributed by atoms with Crippen LogP contribution < -0.4 is 5.32 Å². The third kappa shape index (κ3) is 8.05. The molecular weight excluding hydrogens is 444 g/mol. The Morgan fingerprint density at radius 2 is 1.59 bits per heavy atom. The lowest BCUT2D eigenvalue weighted by atomic mass is 10.1. The lowest BCUT2D eigenvalue weighted by molar-refractivity contribution is -0.116. The Labute approximate surface area is 207 Å². The van der Waals surface area contributed by atoms with E-state index in [0.29, 0.717) is 17.8 Å². The number of anilines is 1. The first-order valence-electron chi connectivity index (χ1n) is 12.7. The van der Waals surface area contributed by atoms with Crippen molar-refractivity contribution in [3.8, 4) is 11.4 Å². The number of hydrogen-bond acceptors (Lipinski definition) is 5. The van der Waals surface area contributed by atoms with E-state index in [9.17, 15) is 9.90 Å². The first kappa shape index (κ1) is 26.1. The Hall–Kier alpha value is -2.54. The van der Waals surface area contributed by atoms with Gasteiger partial charge in [0.2, 0.25) is 5.91 Å². The first-order chi connectivity index (χ1) is 16.6. The zero-order valence-electron chi connectivity index (χ0n) is 20.6. The summed E-state index contributed by atoms with van der Waals surface area (Å²) in [5, 5.41) is 22.5. The highest BCUT2D eigenvalue weighted by Crippen LogP contribution is 2.27. The molecule has 0 radical (unpaired) electrons. The maximum Gasteiger partial charge on any atom is 0.224 e. The maximum atomic E-state index is 12.1. The molecule has 3 rings (SSSR count). The van der Waals surface area contributed by atoms with Crippen molar-refractivity contribution in [2.24, 2.45) is 0 Å². The molecule has 0 unspecified atom stereocenters. The van der Waals surface area contributed by atoms with Crippen LogP contribution in [0.1, 0.15) is 84.5 Å². The number of hydrogen-bond donors (Lipinski definition) is 2. The number of benzene rings is 2. The highest BCUT2D eigenvalue weighted by atomic mass is 32.2. The number of thioether (sulfide) groups is 1. The van der Waals surface area contributed by atoms with Gasteiger partial charge in [0.05, 0.1) is 0 Å². The van der Waals surface area contributed by atoms with Gasteiger partial charge >= 0.3 is 0 Å². The SMILES string of the molecule is CCCCCCCCSc1ccc2nn(-c3ccc(NC(=O)CCCCCC)cc3O)nc2c1. The van der Waals surface area contributed by atoms with Crippen LogP contribution in [0.15, 0.2) is 41.3 Å². The fraction of sp³-hybridized carbons (Fsp3) is 0.519. The number of rotatable bonds is 15. The fourth-order valence-corrected chi connectivity index (χ4v) is 4.81. The summed E-state index contributed by atoms with van der Waals surface area (Å²) < 4.78 is 0. The van der Waals surface area contributed by atoms with E-state index < -0.39 is 0 Å². The summed E-state index contributed by atoms with van der Waals surface area (Å²) in [6.07, 6.45) is 12.5. The van der Waals surface area contributed by atoms with Crippen LogP contribution in [0.2, 0.25) is 0 Å². The van der Waals surface area contributed by atoms with Gasteiger partial charge in [-0.1, -0.05) is 65.2 Å². The number of aromatic hydroxyl groups is 1. The van der Waals surface area contributed by atoms with Gasteiger partial charge in [0.1, 0.15) is 22.5 Å². The standard InChI is InChI=1S/C27H38N4O2S/c1-3-5-7-9-10-12-18-34-22-15-16-23-24(20-22)30-31(29-23)25-17-14-21(19-26(25)32)28-27(33)13-11-8-6-4-2/h14-17,19-20,32H,3-13,18H2,1-2H3,(H,28,33). The molecule has 184 valence electrons. The summed E-state index contributed by atoms with van der Waals surface area (Å²) in [6.45, 7) is 4.40. The van der Waals surface area contributed by atoms with E-state index in [4.69, 9.17) is 0 Å². The molecule has 2 N–H and O–H groups in total. The number of nitrogens with one attached hydrogen (secondary N) is 1. The van der Waals surface area contributed by atoms with E-state index in [1.54, 1.807) is 18.2 Å². The third-order valence-electron chi connectivity index (χ3n) is 5.85. The summed E-state index contributed by atoms with van der Waals surface area (Å²) in [5.74, 6) is 1.11. The molecule has 3 aromatic rings. The topological polar surface area (TPSA) is 80.0 Å². The number of nitrogens with zero attached hydrogens (tertiary/aromatic N) is 3. The van der Waals surface area contributed by atoms with Gasteiger partial charge in [0, 0.05) is 23.1 Å². The zero-order valence-corrected chi connectivity index (χ0v) is 21.4. The van der Waals surface area contributed by atoms with E-state index in [0.717, 1.165) is 42.5 Å². The summed E-state index contributed by atoms with van der Waals surface area (Å²) in [4.78, 5) is 14.8. The second-order valence-electron chi connectivity index (χ2n) is 8.82. The van der Waals surface area contributed by atoms with Crippen LogP contribution in [-0.2, 0) is 4.79 Å². The van der Waals surface area contributed by atoms with E-state index in [1.165, 1.54) is 48.2 Å². The molecule has 0 spiro atoms. The summed E-state index contributed by atoms with van der Waals surface area (Å²) in [6, 6.07) is 11.2. The molecule has 0 bridgehead atoms. The second kappa shape index (κ2) is 14.0. The first-order valence-corrected chi connectivity index (χ1v) is 13.7. The van der Waals surface area contributed by atoms with Gasteiger partial charge in [-0.05, 0) is 48.9 Å². The van der Waals surface area contributed by atoms with Crippen LogP contribution in [0.3, 0.4) is 0 Å². The minimum Gasteiger partial charge on any atom is -0.506 e. The average Bonchev–Trinajstić information content (AvgIpc) is 3.24. The Balaban J connectivity index is 1.56. The van der Waals surface area contributed by atoms with Crippen molar-refractivity contribution in [2.45, 2.75) is 89.4 Å². The number of amides is 1. The Bertz CT molecular complexity index is 1050. The van der Waals surface area contributed by atoms with Gasteiger partial charge in [-0.25, -0.2) is 0 Å². The van der Waals surface area contributed by atoms with Gasteiger partial charge in [0.15, 0.2) is 0 Å². The van der Waals surface area contributed by atoms with Crippen LogP contribution in [-0.4, -0.2) is 31.8 Å². The van der Waals surface area contributed by atoms with Gasteiger partial charge in [0.25, 0.3) is 0 Å². The van der Waals surface area contributed by atoms with Crippen LogP contribution in [0.5, 0.6) is 5.75 Å². The molecule has 1 amide bonds. The molecule has 0 fully saturated rings. The number of aromatic nitrogens is 3. The number of carbonyl (C=O) groups is 1. The van der Waals surface area contributed by atoms with Crippen LogP contribution in [0.4, 0.5) is 5.69 Å². The molecule has 0 saturated carbocycles. The normalized spacial score (nSPS) is 11.2. The van der Waals surface area contributed by atoms with Gasteiger partial charge < -0.3 is 10.4 Å². The molecule has 0 aliphatic carbocycles. The molecule has 0 aliphatic heterocycles. The van der Waals surface area contributed by atoms with Crippen LogP contribution in [0.25, 0.3) is 16.7 Å². The predicted molar refractivity (Wildman–Crippen MR) is 142 cm³/mol. The van der Waals surface area contributed by atoms with E-state index in [-0.39, 0.29) is 11.7 Å². The Morgan fingerprint density at radius 1 is 0.882 bits per heavy atom. The minimum absolute atomic E-state index is 0.0294. The highest BCUT2D eigenvalue weighted by Gasteiger charge is 2.11. The lowest BCUT2D eigenvalue weighted by Gasteiger charge is -2.08. The monoisotopic (exact) mass is 482 g/mol. The van der Waals surface area contributed by atoms with Crippen molar-refractivity contribution < 1.29 is 9.90 Å². The van der Waals surface area contributed by atoms with Crippen molar-refractivity contribution in [3.63, 3.8) is 0 Å². The highest BCUT2D eigenvalue weighted by molar-refractivity contribution is 7.99. The molecule has 1 aromatic heterocycles. The van der Waals surface area contributed by atoms with Crippen molar-refractivity contribution in [2.75, 3.05) is 11.1 Å². The Morgan fingerprint density at radius 3 is 2.35 bits per heavy atom. The quantitative estimate of drug-likeness (QED) is 0.173. The van der Waals surface area contributed by atoms with Gasteiger partial charge in [-0.2, -0.15) is 0 Å². The van der Waals surface area contributed by atoms with Crippen molar-refractivity contribution >= 4 is 34.4 Å². The number of carbonyl (C=O) groups excluding carboxylic acids is 1. The summed E-state index contributed by atoms with van der Waals surface area (Å²) >= 11 is 1.86. The number of phenols is 1. The third-order valence-corrected chi connectivity index (χ3v) is 6.93. The van der Waals surface area contributed by atoms with Gasteiger partial charge in [-0.3, -0.25) is 4.79 Å². The molecule has 0 atom stereocenters. The zero-order chi connectivity index (χ0) is 24.2. The second-order valence-corrected chi connectivity index (χ2v) is 9.99. The smallest absolute Gasteiger partial charge is 0.224 e. The predicted octanol–water partition coefficient (Wildman–Crippen LogP) is 7.49. The van der Waals surface area contributed by atoms with E-state index in [2.05, 4.69) is 41.5 Å². The number of fused-ring (bicyclic) bond motifs is 1. The van der Waals surface area contributed by atoms with Crippen molar-refractivity contribution in [3.05, 3.63) is 36.4 Å².